The molecule has 1 aliphatic carbocycles. The second-order valence-electron chi connectivity index (χ2n) is 5.42. The second kappa shape index (κ2) is 5.08. The summed E-state index contributed by atoms with van der Waals surface area (Å²) < 4.78 is 5.36. The Morgan fingerprint density at radius 2 is 2.05 bits per heavy atom. The maximum Gasteiger partial charge on any atom is 0.231 e. The number of amides is 1. The molecule has 3 nitrogen and oxygen atoms in total. The third-order valence-corrected chi connectivity index (χ3v) is 5.59. The monoisotopic (exact) mass is 277 g/mol. The molecular weight excluding hydrogens is 258 g/mol. The van der Waals surface area contributed by atoms with Crippen molar-refractivity contribution in [3.63, 3.8) is 0 Å². The Morgan fingerprint density at radius 3 is 2.79 bits per heavy atom. The number of ether oxygens (including phenoxy) is 1. The van der Waals surface area contributed by atoms with Gasteiger partial charge < -0.3 is 10.1 Å². The summed E-state index contributed by atoms with van der Waals surface area (Å²) in [5.41, 5.74) is 0.676. The molecule has 19 heavy (non-hydrogen) atoms. The number of carbonyl (C=O) groups is 1. The van der Waals surface area contributed by atoms with Crippen LogP contribution in [0.25, 0.3) is 0 Å². The van der Waals surface area contributed by atoms with Gasteiger partial charge in [0, 0.05) is 10.6 Å². The van der Waals surface area contributed by atoms with Crippen molar-refractivity contribution in [2.45, 2.75) is 37.0 Å². The molecule has 0 saturated heterocycles. The van der Waals surface area contributed by atoms with E-state index in [1.54, 1.807) is 18.9 Å². The van der Waals surface area contributed by atoms with E-state index >= 15 is 0 Å². The fourth-order valence-corrected chi connectivity index (χ4v) is 4.37. The Hall–Kier alpha value is -1.16. The second-order valence-corrected chi connectivity index (χ2v) is 6.43. The van der Waals surface area contributed by atoms with Gasteiger partial charge in [0.05, 0.1) is 18.2 Å². The fourth-order valence-electron chi connectivity index (χ4n) is 3.05. The Balaban J connectivity index is 1.95. The SMILES string of the molecule is COc1cccc2c1NC(=O)C1(CCCCC1)CS2. The van der Waals surface area contributed by atoms with Crippen molar-refractivity contribution in [1.82, 2.24) is 0 Å². The molecule has 0 unspecified atom stereocenters. The lowest BCUT2D eigenvalue weighted by molar-refractivity contribution is -0.126. The van der Waals surface area contributed by atoms with Crippen molar-refractivity contribution >= 4 is 23.4 Å². The minimum atomic E-state index is -0.174. The Morgan fingerprint density at radius 1 is 1.26 bits per heavy atom. The van der Waals surface area contributed by atoms with Gasteiger partial charge in [-0.15, -0.1) is 11.8 Å². The van der Waals surface area contributed by atoms with E-state index in [0.29, 0.717) is 0 Å². The van der Waals surface area contributed by atoms with Crippen LogP contribution in [0.2, 0.25) is 0 Å². The molecule has 4 heteroatoms. The molecule has 0 aromatic heterocycles. The van der Waals surface area contributed by atoms with Gasteiger partial charge in [0.15, 0.2) is 0 Å². The first-order valence-corrected chi connectivity index (χ1v) is 7.85. The van der Waals surface area contributed by atoms with Crippen molar-refractivity contribution in [3.8, 4) is 5.75 Å². The van der Waals surface area contributed by atoms with Crippen molar-refractivity contribution in [2.24, 2.45) is 5.41 Å². The smallest absolute Gasteiger partial charge is 0.231 e. The molecule has 1 aliphatic heterocycles. The highest BCUT2D eigenvalue weighted by Crippen LogP contribution is 2.47. The molecule has 0 radical (unpaired) electrons. The molecule has 1 aromatic rings. The van der Waals surface area contributed by atoms with Gasteiger partial charge in [-0.2, -0.15) is 0 Å². The van der Waals surface area contributed by atoms with Crippen LogP contribution in [0, 0.1) is 5.41 Å². The van der Waals surface area contributed by atoms with Crippen LogP contribution in [-0.2, 0) is 4.79 Å². The van der Waals surface area contributed by atoms with Gasteiger partial charge in [-0.05, 0) is 25.0 Å². The number of rotatable bonds is 1. The lowest BCUT2D eigenvalue weighted by Crippen LogP contribution is -2.39. The minimum absolute atomic E-state index is 0.174. The molecule has 3 rings (SSSR count). The molecule has 1 amide bonds. The number of thioether (sulfide) groups is 1. The van der Waals surface area contributed by atoms with Crippen molar-refractivity contribution in [2.75, 3.05) is 18.2 Å². The molecule has 0 bridgehead atoms. The molecule has 1 saturated carbocycles. The number of methoxy groups -OCH3 is 1. The molecule has 1 fully saturated rings. The van der Waals surface area contributed by atoms with E-state index in [-0.39, 0.29) is 11.3 Å². The van der Waals surface area contributed by atoms with Gasteiger partial charge in [0.2, 0.25) is 5.91 Å². The van der Waals surface area contributed by atoms with Crippen molar-refractivity contribution < 1.29 is 9.53 Å². The quantitative estimate of drug-likeness (QED) is 0.850. The number of fused-ring (bicyclic) bond motifs is 1. The van der Waals surface area contributed by atoms with Gasteiger partial charge >= 0.3 is 0 Å². The zero-order valence-electron chi connectivity index (χ0n) is 11.2. The standard InChI is InChI=1S/C15H19NO2S/c1-18-11-6-5-7-12-13(11)16-14(17)15(10-19-12)8-3-2-4-9-15/h5-7H,2-4,8-10H2,1H3,(H,16,17). The lowest BCUT2D eigenvalue weighted by atomic mass is 9.75. The maximum absolute atomic E-state index is 12.6. The largest absolute Gasteiger partial charge is 0.495 e. The molecule has 0 atom stereocenters. The summed E-state index contributed by atoms with van der Waals surface area (Å²) in [6.07, 6.45) is 5.63. The van der Waals surface area contributed by atoms with E-state index in [1.165, 1.54) is 19.3 Å². The van der Waals surface area contributed by atoms with Crippen LogP contribution in [0.5, 0.6) is 5.75 Å². The number of nitrogens with one attached hydrogen (secondary N) is 1. The fraction of sp³-hybridized carbons (Fsp3) is 0.533. The third-order valence-electron chi connectivity index (χ3n) is 4.24. The minimum Gasteiger partial charge on any atom is -0.495 e. The Kier molecular flexibility index (Phi) is 3.44. The van der Waals surface area contributed by atoms with Crippen LogP contribution in [0.3, 0.4) is 0 Å². The molecule has 1 N–H and O–H groups in total. The summed E-state index contributed by atoms with van der Waals surface area (Å²) in [5, 5.41) is 3.12. The summed E-state index contributed by atoms with van der Waals surface area (Å²) in [6.45, 7) is 0. The number of anilines is 1. The van der Waals surface area contributed by atoms with Crippen LogP contribution in [0.15, 0.2) is 23.1 Å². The number of benzene rings is 1. The van der Waals surface area contributed by atoms with Crippen LogP contribution in [0.1, 0.15) is 32.1 Å². The maximum atomic E-state index is 12.6. The molecular formula is C15H19NO2S. The number of carbonyl (C=O) groups excluding carboxylic acids is 1. The first kappa shape index (κ1) is 12.9. The normalized spacial score (nSPS) is 21.4. The topological polar surface area (TPSA) is 38.3 Å². The zero-order valence-corrected chi connectivity index (χ0v) is 12.0. The summed E-state index contributed by atoms with van der Waals surface area (Å²) in [4.78, 5) is 13.8. The lowest BCUT2D eigenvalue weighted by Gasteiger charge is -2.33. The molecule has 102 valence electrons. The summed E-state index contributed by atoms with van der Waals surface area (Å²) >= 11 is 1.78. The number of hydrogen-bond donors (Lipinski definition) is 1. The van der Waals surface area contributed by atoms with E-state index < -0.39 is 0 Å². The van der Waals surface area contributed by atoms with E-state index in [4.69, 9.17) is 4.74 Å². The van der Waals surface area contributed by atoms with Crippen LogP contribution in [0.4, 0.5) is 5.69 Å². The van der Waals surface area contributed by atoms with Gasteiger partial charge in [-0.3, -0.25) is 4.79 Å². The van der Waals surface area contributed by atoms with E-state index in [0.717, 1.165) is 34.9 Å². The van der Waals surface area contributed by atoms with Crippen molar-refractivity contribution in [3.05, 3.63) is 18.2 Å². The summed E-state index contributed by atoms with van der Waals surface area (Å²) in [5.74, 6) is 1.83. The summed E-state index contributed by atoms with van der Waals surface area (Å²) in [6, 6.07) is 5.94. The number of para-hydroxylation sites is 1. The molecule has 1 heterocycles. The average Bonchev–Trinajstić information content (AvgIpc) is 2.58. The Bertz CT molecular complexity index is 495. The predicted molar refractivity (Wildman–Crippen MR) is 77.9 cm³/mol. The van der Waals surface area contributed by atoms with E-state index in [2.05, 4.69) is 11.4 Å². The van der Waals surface area contributed by atoms with E-state index in [1.807, 2.05) is 12.1 Å². The zero-order chi connectivity index (χ0) is 13.3. The number of hydrogen-bond acceptors (Lipinski definition) is 3. The van der Waals surface area contributed by atoms with Gasteiger partial charge in [-0.25, -0.2) is 0 Å². The highest BCUT2D eigenvalue weighted by Gasteiger charge is 2.41. The highest BCUT2D eigenvalue weighted by molar-refractivity contribution is 7.99. The first-order chi connectivity index (χ1) is 9.25. The summed E-state index contributed by atoms with van der Waals surface area (Å²) in [7, 11) is 1.65. The first-order valence-electron chi connectivity index (χ1n) is 6.86. The van der Waals surface area contributed by atoms with Gasteiger partial charge in [0.25, 0.3) is 0 Å². The molecule has 1 aromatic carbocycles. The van der Waals surface area contributed by atoms with Crippen molar-refractivity contribution in [1.29, 1.82) is 0 Å². The highest BCUT2D eigenvalue weighted by atomic mass is 32.2. The molecule has 1 spiro atoms. The van der Waals surface area contributed by atoms with Crippen LogP contribution < -0.4 is 10.1 Å². The van der Waals surface area contributed by atoms with Crippen LogP contribution in [-0.4, -0.2) is 18.8 Å². The van der Waals surface area contributed by atoms with Crippen LogP contribution >= 0.6 is 11.8 Å². The molecule has 2 aliphatic rings. The predicted octanol–water partition coefficient (Wildman–Crippen LogP) is 3.69. The Labute approximate surface area is 118 Å². The third kappa shape index (κ3) is 2.22. The average molecular weight is 277 g/mol. The van der Waals surface area contributed by atoms with E-state index in [9.17, 15) is 4.79 Å². The van der Waals surface area contributed by atoms with Gasteiger partial charge in [0.1, 0.15) is 5.75 Å². The van der Waals surface area contributed by atoms with Gasteiger partial charge in [-0.1, -0.05) is 25.3 Å².